The zero-order valence-corrected chi connectivity index (χ0v) is 13.9. The second-order valence-electron chi connectivity index (χ2n) is 6.36. The van der Waals surface area contributed by atoms with E-state index < -0.39 is 0 Å². The van der Waals surface area contributed by atoms with Crippen molar-refractivity contribution in [2.45, 2.75) is 45.0 Å². The van der Waals surface area contributed by atoms with Crippen molar-refractivity contribution in [2.75, 3.05) is 31.6 Å². The van der Waals surface area contributed by atoms with Crippen LogP contribution in [-0.2, 0) is 12.3 Å². The van der Waals surface area contributed by atoms with Crippen LogP contribution in [0.15, 0.2) is 12.1 Å². The third kappa shape index (κ3) is 3.44. The molecule has 4 heteroatoms. The quantitative estimate of drug-likeness (QED) is 0.795. The van der Waals surface area contributed by atoms with E-state index in [0.717, 1.165) is 44.0 Å². The first-order valence-corrected chi connectivity index (χ1v) is 8.01. The van der Waals surface area contributed by atoms with Crippen LogP contribution in [-0.4, -0.2) is 42.1 Å². The molecular weight excluding hydrogens is 270 g/mol. The number of anilines is 1. The van der Waals surface area contributed by atoms with Gasteiger partial charge in [-0.15, -0.1) is 11.6 Å². The molecular formula is C16H26ClN3. The standard InChI is InChI=1S/C16H26ClN3/c1-5-6-14-9-13(11-17)10-15(18-14)20-8-7-19(4)16(2,3)12-20/h9-10H,5-8,11-12H2,1-4H3. The van der Waals surface area contributed by atoms with Gasteiger partial charge in [-0.2, -0.15) is 0 Å². The molecule has 1 fully saturated rings. The van der Waals surface area contributed by atoms with Crippen LogP contribution >= 0.6 is 11.6 Å². The van der Waals surface area contributed by atoms with Crippen LogP contribution in [0, 0.1) is 0 Å². The number of aromatic nitrogens is 1. The molecule has 0 unspecified atom stereocenters. The minimum absolute atomic E-state index is 0.182. The van der Waals surface area contributed by atoms with Gasteiger partial charge in [0.15, 0.2) is 0 Å². The Morgan fingerprint density at radius 1 is 1.30 bits per heavy atom. The number of hydrogen-bond acceptors (Lipinski definition) is 3. The third-order valence-electron chi connectivity index (χ3n) is 4.23. The van der Waals surface area contributed by atoms with Gasteiger partial charge in [0.1, 0.15) is 5.82 Å². The van der Waals surface area contributed by atoms with Crippen LogP contribution in [0.4, 0.5) is 5.82 Å². The highest BCUT2D eigenvalue weighted by atomic mass is 35.5. The van der Waals surface area contributed by atoms with Gasteiger partial charge in [-0.05, 0) is 45.0 Å². The van der Waals surface area contributed by atoms with Crippen LogP contribution in [0.3, 0.4) is 0 Å². The maximum Gasteiger partial charge on any atom is 0.129 e. The number of alkyl halides is 1. The fourth-order valence-corrected chi connectivity index (χ4v) is 2.85. The van der Waals surface area contributed by atoms with Gasteiger partial charge < -0.3 is 4.90 Å². The van der Waals surface area contributed by atoms with E-state index in [-0.39, 0.29) is 5.54 Å². The highest BCUT2D eigenvalue weighted by Crippen LogP contribution is 2.25. The molecule has 0 spiro atoms. The van der Waals surface area contributed by atoms with Crippen molar-refractivity contribution in [2.24, 2.45) is 0 Å². The Morgan fingerprint density at radius 3 is 2.65 bits per heavy atom. The van der Waals surface area contributed by atoms with Crippen molar-refractivity contribution >= 4 is 17.4 Å². The molecule has 0 radical (unpaired) electrons. The molecule has 2 rings (SSSR count). The van der Waals surface area contributed by atoms with Crippen molar-refractivity contribution in [1.82, 2.24) is 9.88 Å². The Balaban J connectivity index is 2.25. The normalized spacial score (nSPS) is 19.4. The van der Waals surface area contributed by atoms with Gasteiger partial charge >= 0.3 is 0 Å². The highest BCUT2D eigenvalue weighted by molar-refractivity contribution is 6.17. The van der Waals surface area contributed by atoms with E-state index in [0.29, 0.717) is 5.88 Å². The number of aryl methyl sites for hydroxylation is 1. The smallest absolute Gasteiger partial charge is 0.129 e. The summed E-state index contributed by atoms with van der Waals surface area (Å²) in [6.07, 6.45) is 2.14. The van der Waals surface area contributed by atoms with Crippen molar-refractivity contribution in [3.05, 3.63) is 23.4 Å². The molecule has 112 valence electrons. The summed E-state index contributed by atoms with van der Waals surface area (Å²) in [4.78, 5) is 9.65. The highest BCUT2D eigenvalue weighted by Gasteiger charge is 2.31. The maximum absolute atomic E-state index is 6.03. The summed E-state index contributed by atoms with van der Waals surface area (Å²) in [5, 5.41) is 0. The fourth-order valence-electron chi connectivity index (χ4n) is 2.69. The molecule has 0 saturated carbocycles. The van der Waals surface area contributed by atoms with Gasteiger partial charge in [-0.3, -0.25) is 4.90 Å². The minimum atomic E-state index is 0.182. The molecule has 1 saturated heterocycles. The molecule has 1 aliphatic rings. The van der Waals surface area contributed by atoms with Gasteiger partial charge in [0.05, 0.1) is 0 Å². The maximum atomic E-state index is 6.03. The molecule has 0 N–H and O–H groups in total. The lowest BCUT2D eigenvalue weighted by atomic mass is 9.99. The number of halogens is 1. The lowest BCUT2D eigenvalue weighted by Crippen LogP contribution is -2.57. The largest absolute Gasteiger partial charge is 0.353 e. The van der Waals surface area contributed by atoms with Crippen molar-refractivity contribution in [3.63, 3.8) is 0 Å². The predicted octanol–water partition coefficient (Wildman–Crippen LogP) is 3.30. The average Bonchev–Trinajstić information content (AvgIpc) is 2.41. The van der Waals surface area contributed by atoms with Crippen molar-refractivity contribution in [3.8, 4) is 0 Å². The summed E-state index contributed by atoms with van der Waals surface area (Å²) in [5.74, 6) is 1.65. The van der Waals surface area contributed by atoms with Crippen LogP contribution < -0.4 is 4.90 Å². The van der Waals surface area contributed by atoms with E-state index in [9.17, 15) is 0 Å². The Morgan fingerprint density at radius 2 is 2.05 bits per heavy atom. The number of piperazine rings is 1. The van der Waals surface area contributed by atoms with Gasteiger partial charge in [0, 0.05) is 36.7 Å². The number of rotatable bonds is 4. The van der Waals surface area contributed by atoms with Crippen LogP contribution in [0.25, 0.3) is 0 Å². The molecule has 20 heavy (non-hydrogen) atoms. The Kier molecular flexibility index (Phi) is 4.92. The molecule has 0 bridgehead atoms. The first kappa shape index (κ1) is 15.6. The molecule has 1 aromatic rings. The number of likely N-dealkylation sites (N-methyl/N-ethyl adjacent to an activating group) is 1. The van der Waals surface area contributed by atoms with Crippen molar-refractivity contribution in [1.29, 1.82) is 0 Å². The van der Waals surface area contributed by atoms with Crippen LogP contribution in [0.5, 0.6) is 0 Å². The molecule has 0 amide bonds. The first-order chi connectivity index (χ1) is 9.46. The number of hydrogen-bond donors (Lipinski definition) is 0. The zero-order chi connectivity index (χ0) is 14.8. The van der Waals surface area contributed by atoms with E-state index in [4.69, 9.17) is 16.6 Å². The van der Waals surface area contributed by atoms with Gasteiger partial charge in [-0.1, -0.05) is 13.3 Å². The fraction of sp³-hybridized carbons (Fsp3) is 0.688. The summed E-state index contributed by atoms with van der Waals surface area (Å²) in [7, 11) is 2.20. The molecule has 3 nitrogen and oxygen atoms in total. The second-order valence-corrected chi connectivity index (χ2v) is 6.63. The van der Waals surface area contributed by atoms with Gasteiger partial charge in [-0.25, -0.2) is 4.98 Å². The summed E-state index contributed by atoms with van der Waals surface area (Å²) in [6, 6.07) is 4.29. The summed E-state index contributed by atoms with van der Waals surface area (Å²) >= 11 is 6.03. The average molecular weight is 296 g/mol. The van der Waals surface area contributed by atoms with Gasteiger partial charge in [0.25, 0.3) is 0 Å². The van der Waals surface area contributed by atoms with E-state index in [1.807, 2.05) is 0 Å². The van der Waals surface area contributed by atoms with E-state index in [1.54, 1.807) is 0 Å². The van der Waals surface area contributed by atoms with E-state index in [2.05, 4.69) is 49.8 Å². The molecule has 2 heterocycles. The van der Waals surface area contributed by atoms with E-state index >= 15 is 0 Å². The molecule has 0 aromatic carbocycles. The van der Waals surface area contributed by atoms with Gasteiger partial charge in [0.2, 0.25) is 0 Å². The summed E-state index contributed by atoms with van der Waals surface area (Å²) in [5.41, 5.74) is 2.52. The SMILES string of the molecule is CCCc1cc(CCl)cc(N2CCN(C)C(C)(C)C2)n1. The van der Waals surface area contributed by atoms with Crippen LogP contribution in [0.2, 0.25) is 0 Å². The van der Waals surface area contributed by atoms with Crippen molar-refractivity contribution < 1.29 is 0 Å². The molecule has 1 aromatic heterocycles. The minimum Gasteiger partial charge on any atom is -0.353 e. The number of nitrogens with zero attached hydrogens (tertiary/aromatic N) is 3. The summed E-state index contributed by atoms with van der Waals surface area (Å²) in [6.45, 7) is 9.88. The topological polar surface area (TPSA) is 19.4 Å². The molecule has 0 atom stereocenters. The number of pyridine rings is 1. The Labute approximate surface area is 127 Å². The third-order valence-corrected chi connectivity index (χ3v) is 4.53. The predicted molar refractivity (Wildman–Crippen MR) is 86.7 cm³/mol. The summed E-state index contributed by atoms with van der Waals surface area (Å²) < 4.78 is 0. The van der Waals surface area contributed by atoms with Crippen LogP contribution in [0.1, 0.15) is 38.4 Å². The second kappa shape index (κ2) is 6.31. The zero-order valence-electron chi connectivity index (χ0n) is 13.1. The monoisotopic (exact) mass is 295 g/mol. The Hall–Kier alpha value is -0.800. The Bertz CT molecular complexity index is 459. The lowest BCUT2D eigenvalue weighted by Gasteiger charge is -2.45. The molecule has 1 aliphatic heterocycles. The molecule has 0 aliphatic carbocycles. The lowest BCUT2D eigenvalue weighted by molar-refractivity contribution is 0.138. The van der Waals surface area contributed by atoms with E-state index in [1.165, 1.54) is 5.56 Å². The first-order valence-electron chi connectivity index (χ1n) is 7.48.